The molecule has 0 saturated carbocycles. The Labute approximate surface area is 158 Å². The van der Waals surface area contributed by atoms with Crippen LogP contribution in [0.5, 0.6) is 5.75 Å². The number of thiazole rings is 1. The Kier molecular flexibility index (Phi) is 6.02. The third-order valence-corrected chi connectivity index (χ3v) is 4.67. The Bertz CT molecular complexity index is 832. The van der Waals surface area contributed by atoms with E-state index >= 15 is 0 Å². The first-order chi connectivity index (χ1) is 12.6. The summed E-state index contributed by atoms with van der Waals surface area (Å²) in [5.41, 5.74) is 4.42. The highest BCUT2D eigenvalue weighted by atomic mass is 32.1. The van der Waals surface area contributed by atoms with E-state index < -0.39 is 0 Å². The second-order valence-electron chi connectivity index (χ2n) is 6.31. The van der Waals surface area contributed by atoms with Crippen LogP contribution in [0.3, 0.4) is 0 Å². The minimum atomic E-state index is 0.00274. The van der Waals surface area contributed by atoms with Crippen LogP contribution in [0.15, 0.2) is 65.5 Å². The molecule has 0 bridgehead atoms. The molecule has 0 N–H and O–H groups in total. The lowest BCUT2D eigenvalue weighted by molar-refractivity contribution is 0.0690. The van der Waals surface area contributed by atoms with Crippen molar-refractivity contribution in [1.29, 1.82) is 0 Å². The van der Waals surface area contributed by atoms with Crippen LogP contribution in [0.25, 0.3) is 0 Å². The molecule has 0 spiro atoms. The van der Waals surface area contributed by atoms with Gasteiger partial charge in [0.15, 0.2) is 0 Å². The Morgan fingerprint density at radius 2 is 1.96 bits per heavy atom. The molecule has 3 rings (SSSR count). The van der Waals surface area contributed by atoms with Crippen LogP contribution >= 0.6 is 11.3 Å². The molecule has 26 heavy (non-hydrogen) atoms. The number of amides is 1. The second-order valence-corrected chi connectivity index (χ2v) is 7.03. The van der Waals surface area contributed by atoms with E-state index in [9.17, 15) is 4.79 Å². The molecule has 5 heteroatoms. The molecule has 0 atom stereocenters. The average molecular weight is 366 g/mol. The standard InChI is InChI=1S/C21H22N2O2S/c1-16(2)23(12-17-7-4-3-5-8-17)21(24)18-9-6-10-20(11-18)25-13-19-14-26-15-22-19/h3-11,14-16H,12-13H2,1-2H3. The Morgan fingerprint density at radius 3 is 2.65 bits per heavy atom. The summed E-state index contributed by atoms with van der Waals surface area (Å²) in [7, 11) is 0. The molecule has 4 nitrogen and oxygen atoms in total. The number of carbonyl (C=O) groups is 1. The van der Waals surface area contributed by atoms with Crippen LogP contribution in [-0.2, 0) is 13.2 Å². The molecule has 1 aromatic heterocycles. The highest BCUT2D eigenvalue weighted by molar-refractivity contribution is 7.07. The topological polar surface area (TPSA) is 42.4 Å². The second kappa shape index (κ2) is 8.63. The van der Waals surface area contributed by atoms with E-state index in [1.54, 1.807) is 11.6 Å². The number of rotatable bonds is 7. The van der Waals surface area contributed by atoms with Gasteiger partial charge in [0.2, 0.25) is 0 Å². The van der Waals surface area contributed by atoms with Gasteiger partial charge in [-0.3, -0.25) is 4.79 Å². The molecule has 134 valence electrons. The van der Waals surface area contributed by atoms with Crippen molar-refractivity contribution in [3.63, 3.8) is 0 Å². The highest BCUT2D eigenvalue weighted by Gasteiger charge is 2.19. The van der Waals surface area contributed by atoms with E-state index in [1.807, 2.05) is 72.7 Å². The zero-order valence-electron chi connectivity index (χ0n) is 15.0. The number of hydrogen-bond donors (Lipinski definition) is 0. The van der Waals surface area contributed by atoms with Gasteiger partial charge in [-0.1, -0.05) is 36.4 Å². The molecule has 0 aliphatic rings. The van der Waals surface area contributed by atoms with Crippen molar-refractivity contribution in [2.24, 2.45) is 0 Å². The van der Waals surface area contributed by atoms with Crippen LogP contribution < -0.4 is 4.74 Å². The fourth-order valence-corrected chi connectivity index (χ4v) is 3.16. The van der Waals surface area contributed by atoms with Crippen LogP contribution in [-0.4, -0.2) is 21.8 Å². The molecule has 3 aromatic rings. The maximum absolute atomic E-state index is 13.0. The van der Waals surface area contributed by atoms with Gasteiger partial charge in [-0.2, -0.15) is 0 Å². The van der Waals surface area contributed by atoms with Crippen LogP contribution in [0, 0.1) is 0 Å². The van der Waals surface area contributed by atoms with E-state index in [4.69, 9.17) is 4.74 Å². The van der Waals surface area contributed by atoms with Crippen molar-refractivity contribution >= 4 is 17.2 Å². The molecule has 1 amide bonds. The normalized spacial score (nSPS) is 10.7. The summed E-state index contributed by atoms with van der Waals surface area (Å²) < 4.78 is 5.77. The van der Waals surface area contributed by atoms with Crippen molar-refractivity contribution in [2.45, 2.75) is 33.0 Å². The Balaban J connectivity index is 1.73. The van der Waals surface area contributed by atoms with Crippen molar-refractivity contribution < 1.29 is 9.53 Å². The summed E-state index contributed by atoms with van der Waals surface area (Å²) in [5.74, 6) is 0.676. The molecule has 1 heterocycles. The number of aromatic nitrogens is 1. The molecule has 0 saturated heterocycles. The van der Waals surface area contributed by atoms with Gasteiger partial charge in [-0.25, -0.2) is 4.98 Å². The van der Waals surface area contributed by atoms with Gasteiger partial charge in [-0.15, -0.1) is 11.3 Å². The number of benzene rings is 2. The summed E-state index contributed by atoms with van der Waals surface area (Å²) >= 11 is 1.54. The fraction of sp³-hybridized carbons (Fsp3) is 0.238. The lowest BCUT2D eigenvalue weighted by atomic mass is 10.1. The van der Waals surface area contributed by atoms with Gasteiger partial charge in [0.1, 0.15) is 12.4 Å². The molecule has 0 fully saturated rings. The van der Waals surface area contributed by atoms with Gasteiger partial charge in [0.25, 0.3) is 5.91 Å². The predicted molar refractivity (Wildman–Crippen MR) is 104 cm³/mol. The predicted octanol–water partition coefficient (Wildman–Crippen LogP) is 4.77. The maximum atomic E-state index is 13.0. The van der Waals surface area contributed by atoms with E-state index in [0.717, 1.165) is 11.3 Å². The van der Waals surface area contributed by atoms with Crippen molar-refractivity contribution in [2.75, 3.05) is 0 Å². The van der Waals surface area contributed by atoms with E-state index in [1.165, 1.54) is 11.3 Å². The highest BCUT2D eigenvalue weighted by Crippen LogP contribution is 2.19. The Hall–Kier alpha value is -2.66. The van der Waals surface area contributed by atoms with Gasteiger partial charge >= 0.3 is 0 Å². The molecular formula is C21H22N2O2S. The summed E-state index contributed by atoms with van der Waals surface area (Å²) in [5, 5.41) is 1.95. The van der Waals surface area contributed by atoms with Gasteiger partial charge in [-0.05, 0) is 37.6 Å². The minimum absolute atomic E-state index is 0.00274. The van der Waals surface area contributed by atoms with E-state index in [2.05, 4.69) is 4.98 Å². The van der Waals surface area contributed by atoms with Gasteiger partial charge in [0.05, 0.1) is 11.2 Å². The first kappa shape index (κ1) is 18.1. The Morgan fingerprint density at radius 1 is 1.15 bits per heavy atom. The summed E-state index contributed by atoms with van der Waals surface area (Å²) in [6, 6.07) is 17.5. The number of hydrogen-bond acceptors (Lipinski definition) is 4. The molecule has 2 aromatic carbocycles. The van der Waals surface area contributed by atoms with E-state index in [-0.39, 0.29) is 11.9 Å². The van der Waals surface area contributed by atoms with Crippen LogP contribution in [0.4, 0.5) is 0 Å². The first-order valence-electron chi connectivity index (χ1n) is 8.58. The maximum Gasteiger partial charge on any atom is 0.254 e. The zero-order chi connectivity index (χ0) is 18.4. The zero-order valence-corrected chi connectivity index (χ0v) is 15.8. The van der Waals surface area contributed by atoms with Crippen molar-refractivity contribution in [3.05, 3.63) is 82.3 Å². The lowest BCUT2D eigenvalue weighted by Crippen LogP contribution is -2.36. The van der Waals surface area contributed by atoms with Crippen LogP contribution in [0.1, 0.15) is 35.5 Å². The summed E-state index contributed by atoms with van der Waals surface area (Å²) in [6.45, 7) is 5.05. The average Bonchev–Trinajstić information content (AvgIpc) is 3.18. The third kappa shape index (κ3) is 4.70. The van der Waals surface area contributed by atoms with Crippen LogP contribution in [0.2, 0.25) is 0 Å². The number of carbonyl (C=O) groups excluding carboxylic acids is 1. The molecule has 0 aliphatic carbocycles. The lowest BCUT2D eigenvalue weighted by Gasteiger charge is -2.27. The SMILES string of the molecule is CC(C)N(Cc1ccccc1)C(=O)c1cccc(OCc2cscn2)c1. The number of ether oxygens (including phenoxy) is 1. The molecule has 0 aliphatic heterocycles. The first-order valence-corrected chi connectivity index (χ1v) is 9.52. The van der Waals surface area contributed by atoms with E-state index in [0.29, 0.717) is 24.5 Å². The number of nitrogens with zero attached hydrogens (tertiary/aromatic N) is 2. The van der Waals surface area contributed by atoms with Crippen molar-refractivity contribution in [1.82, 2.24) is 9.88 Å². The molecular weight excluding hydrogens is 344 g/mol. The monoisotopic (exact) mass is 366 g/mol. The summed E-state index contributed by atoms with van der Waals surface area (Å²) in [4.78, 5) is 19.1. The smallest absolute Gasteiger partial charge is 0.254 e. The molecule has 0 unspecified atom stereocenters. The van der Waals surface area contributed by atoms with Crippen molar-refractivity contribution in [3.8, 4) is 5.75 Å². The fourth-order valence-electron chi connectivity index (χ4n) is 2.62. The largest absolute Gasteiger partial charge is 0.487 e. The quantitative estimate of drug-likeness (QED) is 0.605. The third-order valence-electron chi connectivity index (χ3n) is 4.03. The van der Waals surface area contributed by atoms with Gasteiger partial charge < -0.3 is 9.64 Å². The summed E-state index contributed by atoms with van der Waals surface area (Å²) in [6.07, 6.45) is 0. The molecule has 0 radical (unpaired) electrons. The van der Waals surface area contributed by atoms with Gasteiger partial charge in [0, 0.05) is 23.5 Å². The minimum Gasteiger partial charge on any atom is -0.487 e.